The van der Waals surface area contributed by atoms with Crippen molar-refractivity contribution in [2.75, 3.05) is 6.54 Å². The summed E-state index contributed by atoms with van der Waals surface area (Å²) in [5.41, 5.74) is -0.224. The molecule has 0 aliphatic carbocycles. The third kappa shape index (κ3) is 2.31. The van der Waals surface area contributed by atoms with E-state index >= 15 is 0 Å². The Bertz CT molecular complexity index is 325. The van der Waals surface area contributed by atoms with E-state index in [2.05, 4.69) is 15.5 Å². The predicted octanol–water partition coefficient (Wildman–Crippen LogP) is 1.12. The van der Waals surface area contributed by atoms with Crippen LogP contribution in [-0.2, 0) is 5.41 Å². The predicted molar refractivity (Wildman–Crippen MR) is 51.0 cm³/mol. The van der Waals surface area contributed by atoms with E-state index < -0.39 is 0 Å². The normalized spacial score (nSPS) is 11.4. The fraction of sp³-hybridized carbons (Fsp3) is 0.667. The zero-order chi connectivity index (χ0) is 10.8. The topological polar surface area (TPSA) is 68.0 Å². The van der Waals surface area contributed by atoms with Crippen LogP contribution in [0.25, 0.3) is 0 Å². The van der Waals surface area contributed by atoms with E-state index in [-0.39, 0.29) is 17.2 Å². The third-order valence-electron chi connectivity index (χ3n) is 1.60. The average molecular weight is 197 g/mol. The average Bonchev–Trinajstić information content (AvgIpc) is 2.51. The molecule has 0 aromatic carbocycles. The van der Waals surface area contributed by atoms with Crippen molar-refractivity contribution < 1.29 is 9.21 Å². The van der Waals surface area contributed by atoms with E-state index in [4.69, 9.17) is 4.42 Å². The highest BCUT2D eigenvalue weighted by molar-refractivity contribution is 5.89. The first-order valence-corrected chi connectivity index (χ1v) is 4.57. The minimum Gasteiger partial charge on any atom is -0.416 e. The molecule has 0 saturated heterocycles. The lowest BCUT2D eigenvalue weighted by atomic mass is 9.97. The molecule has 0 radical (unpaired) electrons. The molecule has 1 amide bonds. The SMILES string of the molecule is CCNC(=O)c1nnc(C(C)(C)C)o1. The summed E-state index contributed by atoms with van der Waals surface area (Å²) in [5, 5.41) is 10.1. The lowest BCUT2D eigenvalue weighted by Gasteiger charge is -2.10. The summed E-state index contributed by atoms with van der Waals surface area (Å²) in [6, 6.07) is 0. The van der Waals surface area contributed by atoms with Gasteiger partial charge in [0.25, 0.3) is 0 Å². The van der Waals surface area contributed by atoms with Gasteiger partial charge in [0.2, 0.25) is 5.89 Å². The fourth-order valence-electron chi connectivity index (χ4n) is 0.854. The number of carbonyl (C=O) groups excluding carboxylic acids is 1. The number of nitrogens with zero attached hydrogens (tertiary/aromatic N) is 2. The van der Waals surface area contributed by atoms with Crippen LogP contribution >= 0.6 is 0 Å². The third-order valence-corrected chi connectivity index (χ3v) is 1.60. The summed E-state index contributed by atoms with van der Waals surface area (Å²) in [6.45, 7) is 8.22. The number of rotatable bonds is 2. The summed E-state index contributed by atoms with van der Waals surface area (Å²) < 4.78 is 5.23. The fourth-order valence-corrected chi connectivity index (χ4v) is 0.854. The van der Waals surface area contributed by atoms with Gasteiger partial charge in [-0.25, -0.2) is 0 Å². The van der Waals surface area contributed by atoms with Gasteiger partial charge in [0.15, 0.2) is 0 Å². The van der Waals surface area contributed by atoms with Crippen molar-refractivity contribution in [3.63, 3.8) is 0 Å². The Labute approximate surface area is 82.9 Å². The molecule has 0 unspecified atom stereocenters. The molecular formula is C9H15N3O2. The van der Waals surface area contributed by atoms with Crippen molar-refractivity contribution in [2.24, 2.45) is 0 Å². The van der Waals surface area contributed by atoms with Gasteiger partial charge in [0, 0.05) is 12.0 Å². The van der Waals surface area contributed by atoms with Crippen molar-refractivity contribution in [3.8, 4) is 0 Å². The summed E-state index contributed by atoms with van der Waals surface area (Å²) in [6.07, 6.45) is 0. The number of aromatic nitrogens is 2. The van der Waals surface area contributed by atoms with Crippen molar-refractivity contribution in [2.45, 2.75) is 33.1 Å². The van der Waals surface area contributed by atoms with Crippen molar-refractivity contribution in [3.05, 3.63) is 11.8 Å². The van der Waals surface area contributed by atoms with E-state index in [1.807, 2.05) is 27.7 Å². The lowest BCUT2D eigenvalue weighted by Crippen LogP contribution is -2.22. The van der Waals surface area contributed by atoms with E-state index in [1.165, 1.54) is 0 Å². The standard InChI is InChI=1S/C9H15N3O2/c1-5-10-6(13)7-11-12-8(14-7)9(2,3)4/h5H2,1-4H3,(H,10,13). The Morgan fingerprint density at radius 2 is 2.07 bits per heavy atom. The molecule has 5 heteroatoms. The molecule has 5 nitrogen and oxygen atoms in total. The van der Waals surface area contributed by atoms with E-state index in [1.54, 1.807) is 0 Å². The van der Waals surface area contributed by atoms with Gasteiger partial charge in [-0.05, 0) is 6.92 Å². The molecule has 0 saturated carbocycles. The highest BCUT2D eigenvalue weighted by atomic mass is 16.4. The van der Waals surface area contributed by atoms with Crippen molar-refractivity contribution in [1.82, 2.24) is 15.5 Å². The van der Waals surface area contributed by atoms with E-state index in [0.717, 1.165) is 0 Å². The minimum absolute atomic E-state index is 0.0248. The molecule has 1 aromatic rings. The Morgan fingerprint density at radius 1 is 1.43 bits per heavy atom. The molecule has 0 aliphatic rings. The number of amides is 1. The van der Waals surface area contributed by atoms with Crippen LogP contribution in [0.4, 0.5) is 0 Å². The number of hydrogen-bond donors (Lipinski definition) is 1. The van der Waals surface area contributed by atoms with E-state index in [9.17, 15) is 4.79 Å². The maximum absolute atomic E-state index is 11.3. The largest absolute Gasteiger partial charge is 0.416 e. The Kier molecular flexibility index (Phi) is 2.88. The molecule has 14 heavy (non-hydrogen) atoms. The molecule has 0 atom stereocenters. The monoisotopic (exact) mass is 197 g/mol. The summed E-state index contributed by atoms with van der Waals surface area (Å²) >= 11 is 0. The summed E-state index contributed by atoms with van der Waals surface area (Å²) in [4.78, 5) is 11.3. The van der Waals surface area contributed by atoms with Gasteiger partial charge in [0.05, 0.1) is 0 Å². The second-order valence-corrected chi connectivity index (χ2v) is 4.02. The number of hydrogen-bond acceptors (Lipinski definition) is 4. The van der Waals surface area contributed by atoms with Crippen LogP contribution < -0.4 is 5.32 Å². The highest BCUT2D eigenvalue weighted by Gasteiger charge is 2.23. The zero-order valence-corrected chi connectivity index (χ0v) is 8.92. The van der Waals surface area contributed by atoms with Crippen LogP contribution in [0.5, 0.6) is 0 Å². The highest BCUT2D eigenvalue weighted by Crippen LogP contribution is 2.19. The quantitative estimate of drug-likeness (QED) is 0.771. The Morgan fingerprint density at radius 3 is 2.50 bits per heavy atom. The molecule has 78 valence electrons. The molecule has 0 fully saturated rings. The van der Waals surface area contributed by atoms with Gasteiger partial charge in [-0.15, -0.1) is 10.2 Å². The van der Waals surface area contributed by atoms with Gasteiger partial charge < -0.3 is 9.73 Å². The molecular weight excluding hydrogens is 182 g/mol. The van der Waals surface area contributed by atoms with Crippen LogP contribution in [0, 0.1) is 0 Å². The molecule has 1 N–H and O–H groups in total. The first kappa shape index (κ1) is 10.7. The van der Waals surface area contributed by atoms with Gasteiger partial charge in [0.1, 0.15) is 0 Å². The van der Waals surface area contributed by atoms with Crippen LogP contribution in [0.3, 0.4) is 0 Å². The molecule has 0 bridgehead atoms. The van der Waals surface area contributed by atoms with Crippen LogP contribution in [0.2, 0.25) is 0 Å². The Balaban J connectivity index is 2.83. The maximum Gasteiger partial charge on any atom is 0.308 e. The maximum atomic E-state index is 11.3. The molecule has 1 heterocycles. The van der Waals surface area contributed by atoms with Crippen molar-refractivity contribution in [1.29, 1.82) is 0 Å². The van der Waals surface area contributed by atoms with Crippen LogP contribution in [0.15, 0.2) is 4.42 Å². The van der Waals surface area contributed by atoms with Gasteiger partial charge in [-0.3, -0.25) is 4.79 Å². The van der Waals surface area contributed by atoms with Gasteiger partial charge in [-0.2, -0.15) is 0 Å². The van der Waals surface area contributed by atoms with Gasteiger partial charge >= 0.3 is 11.8 Å². The van der Waals surface area contributed by atoms with Crippen molar-refractivity contribution >= 4 is 5.91 Å². The molecule has 1 rings (SSSR count). The molecule has 1 aromatic heterocycles. The Hall–Kier alpha value is -1.39. The number of carbonyl (C=O) groups is 1. The lowest BCUT2D eigenvalue weighted by molar-refractivity contribution is 0.0918. The first-order chi connectivity index (χ1) is 6.45. The van der Waals surface area contributed by atoms with Crippen LogP contribution in [-0.4, -0.2) is 22.6 Å². The number of nitrogens with one attached hydrogen (secondary N) is 1. The second-order valence-electron chi connectivity index (χ2n) is 4.02. The van der Waals surface area contributed by atoms with E-state index in [0.29, 0.717) is 12.4 Å². The molecule has 0 spiro atoms. The molecule has 0 aliphatic heterocycles. The first-order valence-electron chi connectivity index (χ1n) is 4.57. The van der Waals surface area contributed by atoms with Crippen LogP contribution in [0.1, 0.15) is 44.3 Å². The summed E-state index contributed by atoms with van der Waals surface area (Å²) in [5.74, 6) is 0.172. The second kappa shape index (κ2) is 3.77. The summed E-state index contributed by atoms with van der Waals surface area (Å²) in [7, 11) is 0. The zero-order valence-electron chi connectivity index (χ0n) is 8.92. The minimum atomic E-state index is -0.324. The van der Waals surface area contributed by atoms with Gasteiger partial charge in [-0.1, -0.05) is 20.8 Å². The smallest absolute Gasteiger partial charge is 0.308 e.